The Morgan fingerprint density at radius 1 is 1.50 bits per heavy atom. The van der Waals surface area contributed by atoms with E-state index in [9.17, 15) is 0 Å². The minimum absolute atomic E-state index is 0.0968. The molecule has 1 aromatic heterocycles. The van der Waals surface area contributed by atoms with E-state index in [0.717, 1.165) is 36.4 Å². The number of hydrogen-bond donors (Lipinski definition) is 1. The molecule has 2 rings (SSSR count). The first-order chi connectivity index (χ1) is 8.69. The number of nitrogens with zero attached hydrogens (tertiary/aromatic N) is 2. The van der Waals surface area contributed by atoms with Crippen molar-refractivity contribution in [3.63, 3.8) is 0 Å². The predicted molar refractivity (Wildman–Crippen MR) is 69.1 cm³/mol. The van der Waals surface area contributed by atoms with Crippen LogP contribution in [-0.4, -0.2) is 18.1 Å². The maximum absolute atomic E-state index is 8.78. The lowest BCUT2D eigenvalue weighted by Gasteiger charge is -2.15. The monoisotopic (exact) mass is 245 g/mol. The second-order valence-electron chi connectivity index (χ2n) is 5.06. The van der Waals surface area contributed by atoms with Crippen molar-refractivity contribution in [3.8, 4) is 11.8 Å². The number of aromatic nitrogens is 1. The average molecular weight is 245 g/mol. The van der Waals surface area contributed by atoms with Crippen LogP contribution >= 0.6 is 0 Å². The van der Waals surface area contributed by atoms with E-state index >= 15 is 0 Å². The standard InChI is InChI=1S/C14H19N3O/c1-11-2-3-13(12(17-11)4-8-15)18-10-14(5-6-14)7-9-16/h2-3H,4-8,10,15H2,1H3. The Kier molecular flexibility index (Phi) is 3.83. The highest BCUT2D eigenvalue weighted by molar-refractivity contribution is 5.29. The molecule has 0 amide bonds. The summed E-state index contributed by atoms with van der Waals surface area (Å²) in [4.78, 5) is 4.46. The van der Waals surface area contributed by atoms with Crippen LogP contribution in [0.2, 0.25) is 0 Å². The molecule has 0 aromatic carbocycles. The van der Waals surface area contributed by atoms with Crippen molar-refractivity contribution in [3.05, 3.63) is 23.5 Å². The van der Waals surface area contributed by atoms with Crippen molar-refractivity contribution in [2.75, 3.05) is 13.2 Å². The minimum atomic E-state index is 0.0968. The normalized spacial score (nSPS) is 16.1. The number of aryl methyl sites for hydroxylation is 1. The summed E-state index contributed by atoms with van der Waals surface area (Å²) in [6.45, 7) is 3.14. The summed E-state index contributed by atoms with van der Waals surface area (Å²) in [5, 5.41) is 8.78. The molecule has 4 nitrogen and oxygen atoms in total. The Bertz CT molecular complexity index is 461. The van der Waals surface area contributed by atoms with Gasteiger partial charge in [-0.3, -0.25) is 4.98 Å². The number of nitriles is 1. The molecule has 1 fully saturated rings. The van der Waals surface area contributed by atoms with Crippen LogP contribution in [0.4, 0.5) is 0 Å². The fourth-order valence-corrected chi connectivity index (χ4v) is 1.99. The Balaban J connectivity index is 2.03. The number of rotatable bonds is 6. The molecule has 1 aliphatic rings. The van der Waals surface area contributed by atoms with E-state index in [4.69, 9.17) is 15.7 Å². The third-order valence-electron chi connectivity index (χ3n) is 3.40. The molecule has 18 heavy (non-hydrogen) atoms. The number of nitrogens with two attached hydrogens (primary N) is 1. The second-order valence-corrected chi connectivity index (χ2v) is 5.06. The zero-order chi connectivity index (χ0) is 13.0. The van der Waals surface area contributed by atoms with Crippen molar-refractivity contribution in [2.45, 2.75) is 32.6 Å². The van der Waals surface area contributed by atoms with Crippen LogP contribution in [0.1, 0.15) is 30.7 Å². The summed E-state index contributed by atoms with van der Waals surface area (Å²) >= 11 is 0. The highest BCUT2D eigenvalue weighted by Gasteiger charge is 2.43. The summed E-state index contributed by atoms with van der Waals surface area (Å²) in [6, 6.07) is 6.14. The first-order valence-electron chi connectivity index (χ1n) is 6.35. The maximum atomic E-state index is 8.78. The minimum Gasteiger partial charge on any atom is -0.491 e. The van der Waals surface area contributed by atoms with Crippen LogP contribution in [0.15, 0.2) is 12.1 Å². The van der Waals surface area contributed by atoms with Gasteiger partial charge in [-0.25, -0.2) is 0 Å². The summed E-state index contributed by atoms with van der Waals surface area (Å²) in [5.41, 5.74) is 7.58. The van der Waals surface area contributed by atoms with Crippen LogP contribution in [0.3, 0.4) is 0 Å². The van der Waals surface area contributed by atoms with Crippen molar-refractivity contribution in [1.82, 2.24) is 4.98 Å². The topological polar surface area (TPSA) is 71.9 Å². The van der Waals surface area contributed by atoms with E-state index in [2.05, 4.69) is 11.1 Å². The van der Waals surface area contributed by atoms with E-state index in [1.807, 2.05) is 19.1 Å². The van der Waals surface area contributed by atoms with Crippen LogP contribution < -0.4 is 10.5 Å². The maximum Gasteiger partial charge on any atom is 0.140 e. The van der Waals surface area contributed by atoms with Crippen LogP contribution in [0.5, 0.6) is 5.75 Å². The lowest BCUT2D eigenvalue weighted by Crippen LogP contribution is -2.14. The van der Waals surface area contributed by atoms with E-state index in [-0.39, 0.29) is 5.41 Å². The molecule has 0 saturated heterocycles. The quantitative estimate of drug-likeness (QED) is 0.831. The van der Waals surface area contributed by atoms with Gasteiger partial charge in [0, 0.05) is 24.0 Å². The molecule has 0 bridgehead atoms. The largest absolute Gasteiger partial charge is 0.491 e. The van der Waals surface area contributed by atoms with Gasteiger partial charge >= 0.3 is 0 Å². The molecule has 96 valence electrons. The number of ether oxygens (including phenoxy) is 1. The molecule has 1 saturated carbocycles. The number of hydrogen-bond acceptors (Lipinski definition) is 4. The summed E-state index contributed by atoms with van der Waals surface area (Å²) in [7, 11) is 0. The lowest BCUT2D eigenvalue weighted by molar-refractivity contribution is 0.234. The van der Waals surface area contributed by atoms with Crippen molar-refractivity contribution < 1.29 is 4.74 Å². The smallest absolute Gasteiger partial charge is 0.140 e. The molecule has 0 spiro atoms. The van der Waals surface area contributed by atoms with Crippen molar-refractivity contribution >= 4 is 0 Å². The van der Waals surface area contributed by atoms with Crippen LogP contribution in [0, 0.1) is 23.7 Å². The highest BCUT2D eigenvalue weighted by atomic mass is 16.5. The van der Waals surface area contributed by atoms with E-state index < -0.39 is 0 Å². The zero-order valence-electron chi connectivity index (χ0n) is 10.8. The Morgan fingerprint density at radius 3 is 2.89 bits per heavy atom. The molecule has 0 radical (unpaired) electrons. The van der Waals surface area contributed by atoms with Gasteiger partial charge in [0.2, 0.25) is 0 Å². The van der Waals surface area contributed by atoms with Gasteiger partial charge in [0.05, 0.1) is 18.4 Å². The molecule has 0 atom stereocenters. The van der Waals surface area contributed by atoms with E-state index in [0.29, 0.717) is 19.6 Å². The Hall–Kier alpha value is -1.60. The zero-order valence-corrected chi connectivity index (χ0v) is 10.8. The summed E-state index contributed by atoms with van der Waals surface area (Å²) < 4.78 is 5.86. The van der Waals surface area contributed by atoms with Crippen LogP contribution in [-0.2, 0) is 6.42 Å². The fourth-order valence-electron chi connectivity index (χ4n) is 1.99. The Morgan fingerprint density at radius 2 is 2.28 bits per heavy atom. The average Bonchev–Trinajstić information content (AvgIpc) is 3.09. The molecule has 4 heteroatoms. The first-order valence-corrected chi connectivity index (χ1v) is 6.35. The molecule has 2 N–H and O–H groups in total. The van der Waals surface area contributed by atoms with Gasteiger partial charge in [-0.2, -0.15) is 5.26 Å². The van der Waals surface area contributed by atoms with Crippen LogP contribution in [0.25, 0.3) is 0 Å². The Labute approximate surface area is 108 Å². The van der Waals surface area contributed by atoms with Gasteiger partial charge in [-0.15, -0.1) is 0 Å². The molecular formula is C14H19N3O. The van der Waals surface area contributed by atoms with E-state index in [1.165, 1.54) is 0 Å². The molecule has 1 heterocycles. The molecule has 1 aromatic rings. The van der Waals surface area contributed by atoms with Crippen molar-refractivity contribution in [1.29, 1.82) is 5.26 Å². The molecule has 0 unspecified atom stereocenters. The second kappa shape index (κ2) is 5.36. The summed E-state index contributed by atoms with van der Waals surface area (Å²) in [6.07, 6.45) is 3.49. The van der Waals surface area contributed by atoms with Gasteiger partial charge in [-0.1, -0.05) is 0 Å². The number of pyridine rings is 1. The third kappa shape index (κ3) is 2.99. The SMILES string of the molecule is Cc1ccc(OCC2(CC#N)CC2)c(CCN)n1. The van der Waals surface area contributed by atoms with Gasteiger partial charge < -0.3 is 10.5 Å². The van der Waals surface area contributed by atoms with E-state index in [1.54, 1.807) is 0 Å². The highest BCUT2D eigenvalue weighted by Crippen LogP contribution is 2.48. The molecule has 0 aliphatic heterocycles. The predicted octanol–water partition coefficient (Wildman–Crippen LogP) is 1.96. The van der Waals surface area contributed by atoms with Crippen molar-refractivity contribution in [2.24, 2.45) is 11.1 Å². The van der Waals surface area contributed by atoms with Gasteiger partial charge in [0.15, 0.2) is 0 Å². The molecular weight excluding hydrogens is 226 g/mol. The third-order valence-corrected chi connectivity index (χ3v) is 3.40. The van der Waals surface area contributed by atoms with Gasteiger partial charge in [0.25, 0.3) is 0 Å². The van der Waals surface area contributed by atoms with Gasteiger partial charge in [-0.05, 0) is 38.4 Å². The lowest BCUT2D eigenvalue weighted by atomic mass is 10.1. The van der Waals surface area contributed by atoms with Gasteiger partial charge in [0.1, 0.15) is 5.75 Å². The fraction of sp³-hybridized carbons (Fsp3) is 0.571. The molecule has 1 aliphatic carbocycles. The first kappa shape index (κ1) is 12.8. The summed E-state index contributed by atoms with van der Waals surface area (Å²) in [5.74, 6) is 0.815.